The molecule has 0 radical (unpaired) electrons. The number of amides is 1. The van der Waals surface area contributed by atoms with Gasteiger partial charge in [0.25, 0.3) is 0 Å². The lowest BCUT2D eigenvalue weighted by molar-refractivity contribution is 0.0914. The van der Waals surface area contributed by atoms with Crippen molar-refractivity contribution in [2.75, 3.05) is 39.8 Å². The first-order chi connectivity index (χ1) is 11.2. The summed E-state index contributed by atoms with van der Waals surface area (Å²) >= 11 is 0. The first-order valence-corrected chi connectivity index (χ1v) is 8.07. The van der Waals surface area contributed by atoms with E-state index in [1.165, 1.54) is 11.1 Å². The Morgan fingerprint density at radius 3 is 2.42 bits per heavy atom. The number of ether oxygens (including phenoxy) is 1. The molecule has 0 spiro atoms. The average Bonchev–Trinajstić information content (AvgIpc) is 2.57. The van der Waals surface area contributed by atoms with Crippen molar-refractivity contribution in [3.05, 3.63) is 35.4 Å². The SMILES string of the molecule is CCOC(=O)N1CCN(C(=NC)NCc2ccccc2C)CC1.I. The van der Waals surface area contributed by atoms with Gasteiger partial charge in [0.2, 0.25) is 0 Å². The number of hydrogen-bond acceptors (Lipinski definition) is 3. The highest BCUT2D eigenvalue weighted by molar-refractivity contribution is 14.0. The van der Waals surface area contributed by atoms with E-state index in [1.807, 2.05) is 19.1 Å². The first kappa shape index (κ1) is 20.5. The zero-order chi connectivity index (χ0) is 16.7. The molecule has 0 unspecified atom stereocenters. The van der Waals surface area contributed by atoms with E-state index in [0.717, 1.165) is 25.6 Å². The molecule has 1 aromatic rings. The third kappa shape index (κ3) is 5.54. The zero-order valence-corrected chi connectivity index (χ0v) is 16.9. The van der Waals surface area contributed by atoms with Gasteiger partial charge in [-0.25, -0.2) is 4.79 Å². The van der Waals surface area contributed by atoms with E-state index >= 15 is 0 Å². The van der Waals surface area contributed by atoms with Gasteiger partial charge in [-0.1, -0.05) is 24.3 Å². The molecule has 0 bridgehead atoms. The summed E-state index contributed by atoms with van der Waals surface area (Å²) < 4.78 is 5.04. The van der Waals surface area contributed by atoms with Crippen LogP contribution in [-0.4, -0.2) is 61.7 Å². The molecule has 24 heavy (non-hydrogen) atoms. The predicted molar refractivity (Wildman–Crippen MR) is 107 cm³/mol. The smallest absolute Gasteiger partial charge is 0.409 e. The van der Waals surface area contributed by atoms with Crippen LogP contribution in [0.4, 0.5) is 4.79 Å². The van der Waals surface area contributed by atoms with Crippen LogP contribution in [0, 0.1) is 6.92 Å². The Balaban J connectivity index is 0.00000288. The molecule has 0 saturated carbocycles. The van der Waals surface area contributed by atoms with Crippen LogP contribution in [0.3, 0.4) is 0 Å². The van der Waals surface area contributed by atoms with Crippen molar-refractivity contribution in [3.63, 3.8) is 0 Å². The van der Waals surface area contributed by atoms with Gasteiger partial charge in [0, 0.05) is 39.8 Å². The maximum atomic E-state index is 11.7. The minimum Gasteiger partial charge on any atom is -0.450 e. The monoisotopic (exact) mass is 446 g/mol. The summed E-state index contributed by atoms with van der Waals surface area (Å²) in [7, 11) is 1.79. The second-order valence-electron chi connectivity index (χ2n) is 5.50. The molecule has 1 aliphatic rings. The van der Waals surface area contributed by atoms with E-state index < -0.39 is 0 Å². The van der Waals surface area contributed by atoms with Gasteiger partial charge in [0.1, 0.15) is 0 Å². The molecule has 0 atom stereocenters. The zero-order valence-electron chi connectivity index (χ0n) is 14.6. The lowest BCUT2D eigenvalue weighted by Crippen LogP contribution is -2.53. The van der Waals surface area contributed by atoms with Gasteiger partial charge in [-0.2, -0.15) is 0 Å². The molecule has 1 saturated heterocycles. The molecule has 1 aliphatic heterocycles. The van der Waals surface area contributed by atoms with E-state index in [0.29, 0.717) is 19.7 Å². The van der Waals surface area contributed by atoms with Crippen LogP contribution in [0.1, 0.15) is 18.1 Å². The Bertz CT molecular complexity index is 557. The molecular weight excluding hydrogens is 419 g/mol. The third-order valence-corrected chi connectivity index (χ3v) is 4.02. The molecular formula is C17H27IN4O2. The summed E-state index contributed by atoms with van der Waals surface area (Å²) in [6.45, 7) is 7.92. The van der Waals surface area contributed by atoms with Gasteiger partial charge < -0.3 is 19.9 Å². The number of guanidine groups is 1. The minimum absolute atomic E-state index is 0. The largest absolute Gasteiger partial charge is 0.450 e. The number of nitrogens with zero attached hydrogens (tertiary/aromatic N) is 3. The number of halogens is 1. The molecule has 7 heteroatoms. The number of aryl methyl sites for hydroxylation is 1. The summed E-state index contributed by atoms with van der Waals surface area (Å²) in [4.78, 5) is 20.0. The van der Waals surface area contributed by atoms with Crippen molar-refractivity contribution >= 4 is 36.0 Å². The second kappa shape index (κ2) is 10.4. The van der Waals surface area contributed by atoms with Gasteiger partial charge in [0.15, 0.2) is 5.96 Å². The topological polar surface area (TPSA) is 57.2 Å². The highest BCUT2D eigenvalue weighted by Gasteiger charge is 2.23. The van der Waals surface area contributed by atoms with E-state index in [1.54, 1.807) is 11.9 Å². The fourth-order valence-electron chi connectivity index (χ4n) is 2.63. The highest BCUT2D eigenvalue weighted by Crippen LogP contribution is 2.08. The van der Waals surface area contributed by atoms with Crippen molar-refractivity contribution in [3.8, 4) is 0 Å². The summed E-state index contributed by atoms with van der Waals surface area (Å²) in [6, 6.07) is 8.32. The van der Waals surface area contributed by atoms with Crippen molar-refractivity contribution in [2.45, 2.75) is 20.4 Å². The molecule has 2 rings (SSSR count). The highest BCUT2D eigenvalue weighted by atomic mass is 127. The summed E-state index contributed by atoms with van der Waals surface area (Å²) in [6.07, 6.45) is -0.227. The van der Waals surface area contributed by atoms with Crippen molar-refractivity contribution < 1.29 is 9.53 Å². The number of benzene rings is 1. The number of nitrogens with one attached hydrogen (secondary N) is 1. The van der Waals surface area contributed by atoms with Gasteiger partial charge in [-0.3, -0.25) is 4.99 Å². The van der Waals surface area contributed by atoms with E-state index in [4.69, 9.17) is 4.74 Å². The number of rotatable bonds is 3. The van der Waals surface area contributed by atoms with E-state index in [2.05, 4.69) is 34.3 Å². The predicted octanol–water partition coefficient (Wildman–Crippen LogP) is 2.46. The average molecular weight is 446 g/mol. The third-order valence-electron chi connectivity index (χ3n) is 4.02. The Morgan fingerprint density at radius 2 is 1.83 bits per heavy atom. The van der Waals surface area contributed by atoms with Crippen LogP contribution in [0.5, 0.6) is 0 Å². The van der Waals surface area contributed by atoms with Gasteiger partial charge >= 0.3 is 6.09 Å². The van der Waals surface area contributed by atoms with Crippen molar-refractivity contribution in [1.82, 2.24) is 15.1 Å². The summed E-state index contributed by atoms with van der Waals surface area (Å²) in [5, 5.41) is 3.41. The lowest BCUT2D eigenvalue weighted by Gasteiger charge is -2.35. The van der Waals surface area contributed by atoms with E-state index in [9.17, 15) is 4.79 Å². The minimum atomic E-state index is -0.227. The van der Waals surface area contributed by atoms with Gasteiger partial charge in [-0.15, -0.1) is 24.0 Å². The molecule has 1 amide bonds. The fourth-order valence-corrected chi connectivity index (χ4v) is 2.63. The fraction of sp³-hybridized carbons (Fsp3) is 0.529. The number of carbonyl (C=O) groups is 1. The number of aliphatic imine (C=N–C) groups is 1. The van der Waals surface area contributed by atoms with Gasteiger partial charge in [-0.05, 0) is 25.0 Å². The maximum absolute atomic E-state index is 11.7. The van der Waals surface area contributed by atoms with E-state index in [-0.39, 0.29) is 30.1 Å². The van der Waals surface area contributed by atoms with Crippen molar-refractivity contribution in [1.29, 1.82) is 0 Å². The molecule has 1 aromatic carbocycles. The Kier molecular flexibility index (Phi) is 8.88. The van der Waals surface area contributed by atoms with Crippen LogP contribution in [0.25, 0.3) is 0 Å². The molecule has 0 aliphatic carbocycles. The van der Waals surface area contributed by atoms with Gasteiger partial charge in [0.05, 0.1) is 6.61 Å². The molecule has 134 valence electrons. The summed E-state index contributed by atoms with van der Waals surface area (Å²) in [5.41, 5.74) is 2.53. The maximum Gasteiger partial charge on any atom is 0.409 e. The quantitative estimate of drug-likeness (QED) is 0.441. The standard InChI is InChI=1S/C17H26N4O2.HI/c1-4-23-17(22)21-11-9-20(10-12-21)16(18-3)19-13-15-8-6-5-7-14(15)2;/h5-8H,4,9-13H2,1-3H3,(H,18,19);1H. The lowest BCUT2D eigenvalue weighted by atomic mass is 10.1. The van der Waals surface area contributed by atoms with Crippen LogP contribution in [0.15, 0.2) is 29.3 Å². The number of piperazine rings is 1. The second-order valence-corrected chi connectivity index (χ2v) is 5.50. The van der Waals surface area contributed by atoms with Crippen LogP contribution in [0.2, 0.25) is 0 Å². The first-order valence-electron chi connectivity index (χ1n) is 8.07. The molecule has 0 aromatic heterocycles. The molecule has 1 fully saturated rings. The molecule has 1 N–H and O–H groups in total. The molecule has 6 nitrogen and oxygen atoms in total. The summed E-state index contributed by atoms with van der Waals surface area (Å²) in [5.74, 6) is 0.872. The Hall–Kier alpha value is -1.51. The Morgan fingerprint density at radius 1 is 1.21 bits per heavy atom. The number of hydrogen-bond donors (Lipinski definition) is 1. The molecule has 1 heterocycles. The Labute approximate surface area is 161 Å². The van der Waals surface area contributed by atoms with Crippen molar-refractivity contribution in [2.24, 2.45) is 4.99 Å². The van der Waals surface area contributed by atoms with Crippen LogP contribution < -0.4 is 5.32 Å². The normalized spacial score (nSPS) is 14.9. The van der Waals surface area contributed by atoms with Crippen LogP contribution >= 0.6 is 24.0 Å². The van der Waals surface area contributed by atoms with Crippen LogP contribution in [-0.2, 0) is 11.3 Å². The number of carbonyl (C=O) groups excluding carboxylic acids is 1.